The molecule has 0 radical (unpaired) electrons. The zero-order chi connectivity index (χ0) is 29.5. The maximum atomic E-state index is 13.7. The molecule has 0 aromatic heterocycles. The maximum absolute atomic E-state index is 13.7. The van der Waals surface area contributed by atoms with Gasteiger partial charge in [0.25, 0.3) is 0 Å². The van der Waals surface area contributed by atoms with Crippen LogP contribution in [0, 0.1) is 11.8 Å². The molecular formula is C34H44N2O5. The van der Waals surface area contributed by atoms with Crippen LogP contribution in [0.1, 0.15) is 49.7 Å². The van der Waals surface area contributed by atoms with Gasteiger partial charge in [0.15, 0.2) is 0 Å². The second-order valence-corrected chi connectivity index (χ2v) is 10.7. The molecular weight excluding hydrogens is 516 g/mol. The van der Waals surface area contributed by atoms with Crippen LogP contribution in [0.5, 0.6) is 0 Å². The van der Waals surface area contributed by atoms with Crippen LogP contribution in [0.25, 0.3) is 0 Å². The summed E-state index contributed by atoms with van der Waals surface area (Å²) in [5.41, 5.74) is 2.04. The number of benzene rings is 2. The van der Waals surface area contributed by atoms with Gasteiger partial charge in [-0.2, -0.15) is 0 Å². The quantitative estimate of drug-likeness (QED) is 0.219. The summed E-state index contributed by atoms with van der Waals surface area (Å²) in [6, 6.07) is 19.3. The van der Waals surface area contributed by atoms with Crippen molar-refractivity contribution in [3.05, 3.63) is 97.1 Å². The van der Waals surface area contributed by atoms with Gasteiger partial charge in [0.05, 0.1) is 24.5 Å². The Morgan fingerprint density at radius 2 is 1.68 bits per heavy atom. The van der Waals surface area contributed by atoms with Gasteiger partial charge in [-0.3, -0.25) is 14.4 Å². The van der Waals surface area contributed by atoms with E-state index in [4.69, 9.17) is 4.74 Å². The third-order valence-electron chi connectivity index (χ3n) is 7.62. The number of hydrogen-bond acceptors (Lipinski definition) is 5. The minimum Gasteiger partial charge on any atom is -0.463 e. The van der Waals surface area contributed by atoms with Crippen LogP contribution in [0.4, 0.5) is 0 Å². The molecule has 220 valence electrons. The lowest BCUT2D eigenvalue weighted by Crippen LogP contribution is -2.44. The van der Waals surface area contributed by atoms with Gasteiger partial charge in [0, 0.05) is 26.1 Å². The van der Waals surface area contributed by atoms with Crippen LogP contribution >= 0.6 is 0 Å². The number of likely N-dealkylation sites (tertiary alicyclic amines) is 1. The van der Waals surface area contributed by atoms with Crippen LogP contribution in [-0.2, 0) is 32.1 Å². The number of aliphatic hydroxyl groups excluding tert-OH is 1. The third kappa shape index (κ3) is 10.0. The predicted octanol–water partition coefficient (Wildman–Crippen LogP) is 4.95. The van der Waals surface area contributed by atoms with Crippen LogP contribution in [0.3, 0.4) is 0 Å². The highest BCUT2D eigenvalue weighted by atomic mass is 16.5. The van der Waals surface area contributed by atoms with E-state index in [-0.39, 0.29) is 55.9 Å². The molecule has 0 spiro atoms. The number of hydrogen-bond donors (Lipinski definition) is 1. The summed E-state index contributed by atoms with van der Waals surface area (Å²) in [4.78, 5) is 43.5. The molecule has 2 amide bonds. The Labute approximate surface area is 244 Å². The van der Waals surface area contributed by atoms with E-state index >= 15 is 0 Å². The zero-order valence-corrected chi connectivity index (χ0v) is 24.0. The van der Waals surface area contributed by atoms with Crippen LogP contribution in [0.15, 0.2) is 86.0 Å². The van der Waals surface area contributed by atoms with Gasteiger partial charge in [-0.1, -0.05) is 72.8 Å². The molecule has 2 aromatic carbocycles. The predicted molar refractivity (Wildman–Crippen MR) is 161 cm³/mol. The Kier molecular flexibility index (Phi) is 13.3. The van der Waals surface area contributed by atoms with E-state index in [9.17, 15) is 19.5 Å². The summed E-state index contributed by atoms with van der Waals surface area (Å²) < 4.78 is 5.80. The molecule has 1 saturated heterocycles. The van der Waals surface area contributed by atoms with Crippen molar-refractivity contribution in [1.82, 2.24) is 9.80 Å². The Bertz CT molecular complexity index is 1120. The van der Waals surface area contributed by atoms with E-state index in [1.54, 1.807) is 15.9 Å². The van der Waals surface area contributed by atoms with Gasteiger partial charge in [-0.05, 0) is 49.7 Å². The molecule has 41 heavy (non-hydrogen) atoms. The van der Waals surface area contributed by atoms with Crippen molar-refractivity contribution in [2.75, 3.05) is 26.3 Å². The zero-order valence-electron chi connectivity index (χ0n) is 24.0. The van der Waals surface area contributed by atoms with Gasteiger partial charge < -0.3 is 19.6 Å². The molecule has 0 unspecified atom stereocenters. The number of carbonyl (C=O) groups is 3. The highest BCUT2D eigenvalue weighted by Gasteiger charge is 2.35. The van der Waals surface area contributed by atoms with Crippen molar-refractivity contribution < 1.29 is 24.2 Å². The van der Waals surface area contributed by atoms with Gasteiger partial charge in [-0.25, -0.2) is 0 Å². The molecule has 1 fully saturated rings. The first-order chi connectivity index (χ1) is 20.0. The first kappa shape index (κ1) is 31.8. The number of aliphatic hydroxyl groups is 1. The molecule has 1 aliphatic rings. The second kappa shape index (κ2) is 17.2. The number of ether oxygens (including phenoxy) is 1. The van der Waals surface area contributed by atoms with Crippen molar-refractivity contribution in [2.24, 2.45) is 11.8 Å². The number of esters is 1. The largest absolute Gasteiger partial charge is 0.463 e. The van der Waals surface area contributed by atoms with E-state index in [2.05, 4.69) is 13.2 Å². The van der Waals surface area contributed by atoms with E-state index in [0.717, 1.165) is 30.4 Å². The topological polar surface area (TPSA) is 87.2 Å². The molecule has 1 aliphatic heterocycles. The van der Waals surface area contributed by atoms with Crippen LogP contribution < -0.4 is 0 Å². The van der Waals surface area contributed by atoms with E-state index in [1.807, 2.05) is 66.7 Å². The van der Waals surface area contributed by atoms with Gasteiger partial charge in [-0.15, -0.1) is 13.2 Å². The molecule has 7 heteroatoms. The summed E-state index contributed by atoms with van der Waals surface area (Å²) in [6.07, 6.45) is 7.40. The molecule has 1 heterocycles. The van der Waals surface area contributed by atoms with E-state index < -0.39 is 5.92 Å². The van der Waals surface area contributed by atoms with Crippen LogP contribution in [-0.4, -0.2) is 65.0 Å². The molecule has 3 rings (SSSR count). The fourth-order valence-corrected chi connectivity index (χ4v) is 5.38. The average molecular weight is 561 g/mol. The molecule has 3 atom stereocenters. The lowest BCUT2D eigenvalue weighted by molar-refractivity contribution is -0.153. The summed E-state index contributed by atoms with van der Waals surface area (Å²) in [5.74, 6) is -1.40. The van der Waals surface area contributed by atoms with Crippen molar-refractivity contribution in [1.29, 1.82) is 0 Å². The average Bonchev–Trinajstić information content (AvgIpc) is 3.47. The minimum absolute atomic E-state index is 0.0292. The Hall–Kier alpha value is -3.71. The Morgan fingerprint density at radius 1 is 1.00 bits per heavy atom. The van der Waals surface area contributed by atoms with Crippen LogP contribution in [0.2, 0.25) is 0 Å². The highest BCUT2D eigenvalue weighted by Crippen LogP contribution is 2.25. The maximum Gasteiger partial charge on any atom is 0.309 e. The molecule has 7 nitrogen and oxygen atoms in total. The number of nitrogens with zero attached hydrogens (tertiary/aromatic N) is 2. The van der Waals surface area contributed by atoms with Gasteiger partial charge in [0.2, 0.25) is 11.8 Å². The number of allylic oxidation sites excluding steroid dienone is 2. The molecule has 0 aliphatic carbocycles. The Balaban J connectivity index is 1.62. The highest BCUT2D eigenvalue weighted by molar-refractivity contribution is 5.86. The standard InChI is InChI=1S/C34H44N2O5/c1-3-5-18-30(23-27-14-8-6-9-15-27)34(40)41-26-31-19-12-20-36(31)33(39)29(13-4-2)24-32(38)35(21-22-37)25-28-16-10-7-11-17-28/h3-4,6-11,14-17,29-31,37H,1-2,5,12-13,18-26H2/t29-,30+,31-/m0/s1. The molecule has 0 saturated carbocycles. The molecule has 2 aromatic rings. The van der Waals surface area contributed by atoms with Crippen molar-refractivity contribution in [3.8, 4) is 0 Å². The van der Waals surface area contributed by atoms with E-state index in [0.29, 0.717) is 32.4 Å². The van der Waals surface area contributed by atoms with Gasteiger partial charge >= 0.3 is 5.97 Å². The number of amides is 2. The summed E-state index contributed by atoms with van der Waals surface area (Å²) in [5, 5.41) is 9.56. The van der Waals surface area contributed by atoms with Crippen molar-refractivity contribution >= 4 is 17.8 Å². The summed E-state index contributed by atoms with van der Waals surface area (Å²) >= 11 is 0. The lowest BCUT2D eigenvalue weighted by Gasteiger charge is -2.30. The van der Waals surface area contributed by atoms with E-state index in [1.165, 1.54) is 0 Å². The smallest absolute Gasteiger partial charge is 0.309 e. The minimum atomic E-state index is -0.563. The van der Waals surface area contributed by atoms with Crippen molar-refractivity contribution in [2.45, 2.75) is 57.5 Å². The van der Waals surface area contributed by atoms with Gasteiger partial charge in [0.1, 0.15) is 6.61 Å². The Morgan fingerprint density at radius 3 is 2.32 bits per heavy atom. The normalized spacial score (nSPS) is 16.0. The first-order valence-electron chi connectivity index (χ1n) is 14.6. The monoisotopic (exact) mass is 560 g/mol. The fraction of sp³-hybridized carbons (Fsp3) is 0.441. The molecule has 1 N–H and O–H groups in total. The second-order valence-electron chi connectivity index (χ2n) is 10.7. The number of rotatable bonds is 17. The fourth-order valence-electron chi connectivity index (χ4n) is 5.38. The lowest BCUT2D eigenvalue weighted by atomic mass is 9.95. The van der Waals surface area contributed by atoms with Crippen molar-refractivity contribution in [3.63, 3.8) is 0 Å². The first-order valence-corrected chi connectivity index (χ1v) is 14.6. The SMILES string of the molecule is C=CCC[C@H](Cc1ccccc1)C(=O)OC[C@@H]1CCCN1C(=O)[C@@H](CC=C)CC(=O)N(CCO)Cc1ccccc1. The summed E-state index contributed by atoms with van der Waals surface area (Å²) in [6.45, 7) is 8.72. The molecule has 0 bridgehead atoms. The summed E-state index contributed by atoms with van der Waals surface area (Å²) in [7, 11) is 0. The third-order valence-corrected chi connectivity index (χ3v) is 7.62. The number of carbonyl (C=O) groups excluding carboxylic acids is 3.